The molecule has 0 heterocycles. The average Bonchev–Trinajstić information content (AvgIpc) is 2.17. The SMILES string of the molecule is O=C(O)[C@@H]1C2CCC(CC2)[C@@H]1CO. The van der Waals surface area contributed by atoms with Gasteiger partial charge in [0.1, 0.15) is 0 Å². The number of aliphatic carboxylic acids is 1. The number of carbonyl (C=O) groups is 1. The van der Waals surface area contributed by atoms with Crippen molar-refractivity contribution >= 4 is 5.97 Å². The third kappa shape index (κ3) is 1.35. The predicted octanol–water partition coefficient (Wildman–Crippen LogP) is 1.12. The molecule has 3 heteroatoms. The molecular weight excluding hydrogens is 168 g/mol. The quantitative estimate of drug-likeness (QED) is 0.676. The van der Waals surface area contributed by atoms with Gasteiger partial charge < -0.3 is 10.2 Å². The summed E-state index contributed by atoms with van der Waals surface area (Å²) in [5, 5.41) is 18.2. The Labute approximate surface area is 77.8 Å². The lowest BCUT2D eigenvalue weighted by Gasteiger charge is -2.46. The summed E-state index contributed by atoms with van der Waals surface area (Å²) in [7, 11) is 0. The van der Waals surface area contributed by atoms with E-state index in [-0.39, 0.29) is 18.4 Å². The van der Waals surface area contributed by atoms with Crippen molar-refractivity contribution in [3.8, 4) is 0 Å². The Morgan fingerprint density at radius 1 is 1.15 bits per heavy atom. The first-order chi connectivity index (χ1) is 6.24. The number of rotatable bonds is 2. The van der Waals surface area contributed by atoms with E-state index >= 15 is 0 Å². The molecule has 0 radical (unpaired) electrons. The zero-order valence-electron chi connectivity index (χ0n) is 7.65. The van der Waals surface area contributed by atoms with Crippen molar-refractivity contribution in [1.29, 1.82) is 0 Å². The fourth-order valence-corrected chi connectivity index (χ4v) is 3.22. The van der Waals surface area contributed by atoms with E-state index < -0.39 is 5.97 Å². The number of aliphatic hydroxyl groups excluding tert-OH is 1. The van der Waals surface area contributed by atoms with Crippen molar-refractivity contribution in [2.75, 3.05) is 6.61 Å². The average molecular weight is 184 g/mol. The highest BCUT2D eigenvalue weighted by atomic mass is 16.4. The monoisotopic (exact) mass is 184 g/mol. The largest absolute Gasteiger partial charge is 0.481 e. The Morgan fingerprint density at radius 3 is 2.08 bits per heavy atom. The molecule has 2 atom stereocenters. The van der Waals surface area contributed by atoms with E-state index in [1.807, 2.05) is 0 Å². The van der Waals surface area contributed by atoms with Crippen LogP contribution in [0.2, 0.25) is 0 Å². The maximum Gasteiger partial charge on any atom is 0.307 e. The van der Waals surface area contributed by atoms with Gasteiger partial charge in [-0.2, -0.15) is 0 Å². The van der Waals surface area contributed by atoms with Crippen molar-refractivity contribution in [1.82, 2.24) is 0 Å². The lowest BCUT2D eigenvalue weighted by molar-refractivity contribution is -0.154. The van der Waals surface area contributed by atoms with Gasteiger partial charge in [0.15, 0.2) is 0 Å². The summed E-state index contributed by atoms with van der Waals surface area (Å²) in [4.78, 5) is 11.0. The molecule has 3 saturated carbocycles. The van der Waals surface area contributed by atoms with E-state index in [2.05, 4.69) is 0 Å². The minimum absolute atomic E-state index is 0.0324. The Balaban J connectivity index is 2.18. The molecule has 13 heavy (non-hydrogen) atoms. The van der Waals surface area contributed by atoms with Gasteiger partial charge in [-0.1, -0.05) is 0 Å². The van der Waals surface area contributed by atoms with Crippen LogP contribution in [0.25, 0.3) is 0 Å². The van der Waals surface area contributed by atoms with Crippen LogP contribution in [0.4, 0.5) is 0 Å². The highest BCUT2D eigenvalue weighted by Gasteiger charge is 2.46. The van der Waals surface area contributed by atoms with E-state index in [1.54, 1.807) is 0 Å². The van der Waals surface area contributed by atoms with Gasteiger partial charge in [0.25, 0.3) is 0 Å². The smallest absolute Gasteiger partial charge is 0.307 e. The molecule has 3 nitrogen and oxygen atoms in total. The van der Waals surface area contributed by atoms with Gasteiger partial charge >= 0.3 is 5.97 Å². The maximum absolute atomic E-state index is 11.0. The number of fused-ring (bicyclic) bond motifs is 3. The maximum atomic E-state index is 11.0. The zero-order chi connectivity index (χ0) is 9.42. The van der Waals surface area contributed by atoms with Crippen LogP contribution in [0, 0.1) is 23.7 Å². The van der Waals surface area contributed by atoms with Crippen LogP contribution < -0.4 is 0 Å². The summed E-state index contributed by atoms with van der Waals surface area (Å²) in [5.41, 5.74) is 0. The van der Waals surface area contributed by atoms with Crippen LogP contribution in [0.5, 0.6) is 0 Å². The second kappa shape index (κ2) is 3.29. The van der Waals surface area contributed by atoms with Crippen molar-refractivity contribution in [2.24, 2.45) is 23.7 Å². The molecule has 74 valence electrons. The number of hydrogen-bond donors (Lipinski definition) is 2. The lowest BCUT2D eigenvalue weighted by atomic mass is 9.59. The second-order valence-corrected chi connectivity index (χ2v) is 4.39. The van der Waals surface area contributed by atoms with Crippen LogP contribution in [0.3, 0.4) is 0 Å². The number of hydrogen-bond acceptors (Lipinski definition) is 2. The van der Waals surface area contributed by atoms with Gasteiger partial charge in [-0.3, -0.25) is 4.79 Å². The third-order valence-corrected chi connectivity index (χ3v) is 3.89. The molecule has 0 saturated heterocycles. The van der Waals surface area contributed by atoms with E-state index in [0.29, 0.717) is 11.8 Å². The van der Waals surface area contributed by atoms with Gasteiger partial charge in [0, 0.05) is 6.61 Å². The van der Waals surface area contributed by atoms with Crippen molar-refractivity contribution in [3.05, 3.63) is 0 Å². The van der Waals surface area contributed by atoms with Gasteiger partial charge in [0.05, 0.1) is 5.92 Å². The van der Waals surface area contributed by atoms with E-state index in [4.69, 9.17) is 10.2 Å². The predicted molar refractivity (Wildman–Crippen MR) is 47.1 cm³/mol. The van der Waals surface area contributed by atoms with Crippen LogP contribution in [0.1, 0.15) is 25.7 Å². The summed E-state index contributed by atoms with van der Waals surface area (Å²) in [5.74, 6) is -0.133. The van der Waals surface area contributed by atoms with Gasteiger partial charge in [-0.05, 0) is 43.4 Å². The summed E-state index contributed by atoms with van der Waals surface area (Å²) < 4.78 is 0. The standard InChI is InChI=1S/C10H16O3/c11-5-8-6-1-3-7(4-2-6)9(8)10(12)13/h6-9,11H,1-5H2,(H,12,13)/t6?,7?,8-,9+/m0/s1. The van der Waals surface area contributed by atoms with Crippen LogP contribution in [-0.2, 0) is 4.79 Å². The Hall–Kier alpha value is -0.570. The molecule has 3 fully saturated rings. The molecule has 0 aromatic carbocycles. The molecule has 0 unspecified atom stereocenters. The Kier molecular flexibility index (Phi) is 2.28. The molecule has 0 aromatic heterocycles. The van der Waals surface area contributed by atoms with Crippen molar-refractivity contribution in [2.45, 2.75) is 25.7 Å². The highest BCUT2D eigenvalue weighted by Crippen LogP contribution is 2.48. The minimum Gasteiger partial charge on any atom is -0.481 e. The Bertz CT molecular complexity index is 206. The molecule has 2 N–H and O–H groups in total. The fraction of sp³-hybridized carbons (Fsp3) is 0.900. The molecule has 0 amide bonds. The summed E-state index contributed by atoms with van der Waals surface area (Å²) in [6.07, 6.45) is 4.36. The van der Waals surface area contributed by atoms with Gasteiger partial charge in [-0.15, -0.1) is 0 Å². The fourth-order valence-electron chi connectivity index (χ4n) is 3.22. The van der Waals surface area contributed by atoms with Gasteiger partial charge in [0.2, 0.25) is 0 Å². The van der Waals surface area contributed by atoms with Crippen LogP contribution in [0.15, 0.2) is 0 Å². The van der Waals surface area contributed by atoms with Crippen molar-refractivity contribution < 1.29 is 15.0 Å². The number of aliphatic hydroxyl groups is 1. The second-order valence-electron chi connectivity index (χ2n) is 4.39. The molecule has 2 bridgehead atoms. The molecule has 3 aliphatic carbocycles. The van der Waals surface area contributed by atoms with E-state index in [9.17, 15) is 4.79 Å². The molecule has 3 rings (SSSR count). The normalized spacial score (nSPS) is 43.5. The minimum atomic E-state index is -0.701. The summed E-state index contributed by atoms with van der Waals surface area (Å²) >= 11 is 0. The highest BCUT2D eigenvalue weighted by molar-refractivity contribution is 5.71. The molecule has 0 aromatic rings. The van der Waals surface area contributed by atoms with Crippen LogP contribution in [-0.4, -0.2) is 22.8 Å². The number of carboxylic acids is 1. The summed E-state index contributed by atoms with van der Waals surface area (Å²) in [6.45, 7) is 0.0537. The van der Waals surface area contributed by atoms with E-state index in [0.717, 1.165) is 25.7 Å². The van der Waals surface area contributed by atoms with Gasteiger partial charge in [-0.25, -0.2) is 0 Å². The number of carboxylic acid groups (broad SMARTS) is 1. The summed E-state index contributed by atoms with van der Waals surface area (Å²) in [6, 6.07) is 0. The molecule has 3 aliphatic rings. The van der Waals surface area contributed by atoms with E-state index in [1.165, 1.54) is 0 Å². The zero-order valence-corrected chi connectivity index (χ0v) is 7.65. The first kappa shape index (κ1) is 9.00. The lowest BCUT2D eigenvalue weighted by Crippen LogP contribution is -2.45. The van der Waals surface area contributed by atoms with Crippen LogP contribution >= 0.6 is 0 Å². The topological polar surface area (TPSA) is 57.5 Å². The molecule has 0 aliphatic heterocycles. The van der Waals surface area contributed by atoms with Crippen molar-refractivity contribution in [3.63, 3.8) is 0 Å². The third-order valence-electron chi connectivity index (χ3n) is 3.89. The first-order valence-electron chi connectivity index (χ1n) is 5.07. The molecular formula is C10H16O3. The Morgan fingerprint density at radius 2 is 1.69 bits per heavy atom. The molecule has 0 spiro atoms. The first-order valence-corrected chi connectivity index (χ1v) is 5.07.